The third kappa shape index (κ3) is 1.11. The zero-order chi connectivity index (χ0) is 9.42. The maximum Gasteiger partial charge on any atom is 0.271 e. The molecule has 4 nitrogen and oxygen atoms in total. The Morgan fingerprint density at radius 1 is 1.23 bits per heavy atom. The summed E-state index contributed by atoms with van der Waals surface area (Å²) in [5.74, 6) is -1.37. The Hall–Kier alpha value is -1.68. The summed E-state index contributed by atoms with van der Waals surface area (Å²) < 4.78 is 4.80. The topological polar surface area (TPSA) is 63.6 Å². The number of aliphatic hydroxyl groups excluding tert-OH is 1. The predicted octanol–water partition coefficient (Wildman–Crippen LogP) is 0.149. The molecule has 0 saturated heterocycles. The van der Waals surface area contributed by atoms with Crippen LogP contribution in [0.2, 0.25) is 0 Å². The Kier molecular flexibility index (Phi) is 1.63. The lowest BCUT2D eigenvalue weighted by atomic mass is 10.0. The molecule has 1 atom stereocenters. The molecule has 1 unspecified atom stereocenters. The lowest BCUT2D eigenvalue weighted by Crippen LogP contribution is -2.37. The number of hydrogen-bond acceptors (Lipinski definition) is 4. The second-order valence-electron chi connectivity index (χ2n) is 2.66. The highest BCUT2D eigenvalue weighted by atomic mass is 16.6. The number of rotatable bonds is 0. The molecule has 0 aromatic heterocycles. The van der Waals surface area contributed by atoms with Crippen LogP contribution < -0.4 is 4.74 Å². The van der Waals surface area contributed by atoms with Crippen LogP contribution in [0.5, 0.6) is 5.75 Å². The zero-order valence-corrected chi connectivity index (χ0v) is 6.56. The van der Waals surface area contributed by atoms with Crippen LogP contribution >= 0.6 is 0 Å². The van der Waals surface area contributed by atoms with Crippen molar-refractivity contribution in [3.8, 4) is 5.75 Å². The fraction of sp³-hybridized carbons (Fsp3) is 0.111. The SMILES string of the molecule is O=C1C(=O)C(O)Oc2ccccc21. The van der Waals surface area contributed by atoms with Gasteiger partial charge in [-0.25, -0.2) is 0 Å². The van der Waals surface area contributed by atoms with E-state index in [9.17, 15) is 9.59 Å². The van der Waals surface area contributed by atoms with Crippen LogP contribution in [0.4, 0.5) is 0 Å². The van der Waals surface area contributed by atoms with Crippen molar-refractivity contribution in [2.75, 3.05) is 0 Å². The van der Waals surface area contributed by atoms with Gasteiger partial charge in [0.05, 0.1) is 5.56 Å². The summed E-state index contributed by atoms with van der Waals surface area (Å²) in [5, 5.41) is 9.00. The van der Waals surface area contributed by atoms with Crippen molar-refractivity contribution in [2.45, 2.75) is 6.29 Å². The van der Waals surface area contributed by atoms with Crippen LogP contribution in [0.15, 0.2) is 24.3 Å². The summed E-state index contributed by atoms with van der Waals surface area (Å²) in [7, 11) is 0. The van der Waals surface area contributed by atoms with E-state index in [1.807, 2.05) is 0 Å². The second-order valence-corrected chi connectivity index (χ2v) is 2.66. The number of hydrogen-bond donors (Lipinski definition) is 1. The Morgan fingerprint density at radius 3 is 2.69 bits per heavy atom. The minimum atomic E-state index is -1.65. The molecule has 13 heavy (non-hydrogen) atoms. The first kappa shape index (κ1) is 7.94. The molecule has 0 bridgehead atoms. The monoisotopic (exact) mass is 178 g/mol. The molecule has 0 aliphatic carbocycles. The molecule has 1 aromatic carbocycles. The van der Waals surface area contributed by atoms with Gasteiger partial charge in [-0.05, 0) is 12.1 Å². The molecule has 0 spiro atoms. The van der Waals surface area contributed by atoms with E-state index in [2.05, 4.69) is 0 Å². The summed E-state index contributed by atoms with van der Waals surface area (Å²) in [5.41, 5.74) is 0.206. The average Bonchev–Trinajstić information content (AvgIpc) is 2.15. The minimum Gasteiger partial charge on any atom is -0.456 e. The van der Waals surface area contributed by atoms with Crippen molar-refractivity contribution in [2.24, 2.45) is 0 Å². The molecule has 1 N–H and O–H groups in total. The van der Waals surface area contributed by atoms with Gasteiger partial charge in [-0.3, -0.25) is 9.59 Å². The summed E-state index contributed by atoms with van der Waals surface area (Å²) in [6.07, 6.45) is -1.65. The van der Waals surface area contributed by atoms with E-state index in [0.717, 1.165) is 0 Å². The zero-order valence-electron chi connectivity index (χ0n) is 6.56. The standard InChI is InChI=1S/C9H6O4/c10-7-5-3-1-2-4-6(5)13-9(12)8(7)11/h1-4,9,12H. The predicted molar refractivity (Wildman–Crippen MR) is 42.4 cm³/mol. The molecule has 2 rings (SSSR count). The highest BCUT2D eigenvalue weighted by Gasteiger charge is 2.33. The molecule has 0 saturated carbocycles. The minimum absolute atomic E-state index is 0.206. The fourth-order valence-electron chi connectivity index (χ4n) is 1.18. The number of ketones is 2. The van der Waals surface area contributed by atoms with Gasteiger partial charge in [0.2, 0.25) is 5.78 Å². The summed E-state index contributed by atoms with van der Waals surface area (Å²) in [6.45, 7) is 0. The van der Waals surface area contributed by atoms with E-state index in [4.69, 9.17) is 9.84 Å². The Balaban J connectivity index is 2.55. The van der Waals surface area contributed by atoms with Crippen molar-refractivity contribution in [1.29, 1.82) is 0 Å². The molecule has 0 fully saturated rings. The molecule has 4 heteroatoms. The lowest BCUT2D eigenvalue weighted by molar-refractivity contribution is -0.137. The number of carbonyl (C=O) groups is 2. The maximum absolute atomic E-state index is 11.2. The first-order valence-electron chi connectivity index (χ1n) is 3.72. The van der Waals surface area contributed by atoms with Crippen LogP contribution in [-0.4, -0.2) is 23.0 Å². The largest absolute Gasteiger partial charge is 0.456 e. The number of Topliss-reactive ketones (excluding diaryl/α,β-unsaturated/α-hetero) is 2. The lowest BCUT2D eigenvalue weighted by Gasteiger charge is -2.19. The van der Waals surface area contributed by atoms with E-state index in [1.54, 1.807) is 12.1 Å². The van der Waals surface area contributed by atoms with Gasteiger partial charge < -0.3 is 9.84 Å². The number of ether oxygens (including phenoxy) is 1. The molecule has 0 amide bonds. The number of fused-ring (bicyclic) bond motifs is 1. The molecule has 0 radical (unpaired) electrons. The number of aliphatic hydroxyl groups is 1. The average molecular weight is 178 g/mol. The van der Waals surface area contributed by atoms with Gasteiger partial charge in [0.15, 0.2) is 0 Å². The summed E-state index contributed by atoms with van der Waals surface area (Å²) in [6, 6.07) is 6.31. The smallest absolute Gasteiger partial charge is 0.271 e. The third-order valence-electron chi connectivity index (χ3n) is 1.82. The maximum atomic E-state index is 11.2. The molecule has 1 heterocycles. The molecule has 1 aromatic rings. The molecule has 1 aliphatic rings. The van der Waals surface area contributed by atoms with Crippen LogP contribution in [-0.2, 0) is 4.79 Å². The highest BCUT2D eigenvalue weighted by molar-refractivity contribution is 6.46. The van der Waals surface area contributed by atoms with Gasteiger partial charge in [0.25, 0.3) is 12.1 Å². The van der Waals surface area contributed by atoms with Crippen molar-refractivity contribution in [3.63, 3.8) is 0 Å². The molecular weight excluding hydrogens is 172 g/mol. The highest BCUT2D eigenvalue weighted by Crippen LogP contribution is 2.24. The molecule has 1 aliphatic heterocycles. The van der Waals surface area contributed by atoms with Crippen molar-refractivity contribution < 1.29 is 19.4 Å². The first-order chi connectivity index (χ1) is 6.20. The number of benzene rings is 1. The van der Waals surface area contributed by atoms with E-state index in [-0.39, 0.29) is 11.3 Å². The quantitative estimate of drug-likeness (QED) is 0.574. The van der Waals surface area contributed by atoms with Crippen LogP contribution in [0, 0.1) is 0 Å². The van der Waals surface area contributed by atoms with Crippen LogP contribution in [0.25, 0.3) is 0 Å². The Bertz CT molecular complexity index is 383. The van der Waals surface area contributed by atoms with Crippen LogP contribution in [0.1, 0.15) is 10.4 Å². The van der Waals surface area contributed by atoms with Gasteiger partial charge in [0, 0.05) is 0 Å². The van der Waals surface area contributed by atoms with Gasteiger partial charge in [-0.2, -0.15) is 0 Å². The van der Waals surface area contributed by atoms with Crippen molar-refractivity contribution in [3.05, 3.63) is 29.8 Å². The Labute approximate surface area is 73.8 Å². The van der Waals surface area contributed by atoms with Gasteiger partial charge in [0.1, 0.15) is 5.75 Å². The molecular formula is C9H6O4. The third-order valence-corrected chi connectivity index (χ3v) is 1.82. The normalized spacial score (nSPS) is 20.8. The van der Waals surface area contributed by atoms with Gasteiger partial charge >= 0.3 is 0 Å². The van der Waals surface area contributed by atoms with Gasteiger partial charge in [-0.1, -0.05) is 12.1 Å². The summed E-state index contributed by atoms with van der Waals surface area (Å²) >= 11 is 0. The van der Waals surface area contributed by atoms with E-state index in [0.29, 0.717) is 0 Å². The number of para-hydroxylation sites is 1. The van der Waals surface area contributed by atoms with Crippen molar-refractivity contribution in [1.82, 2.24) is 0 Å². The molecule has 66 valence electrons. The van der Waals surface area contributed by atoms with Gasteiger partial charge in [-0.15, -0.1) is 0 Å². The summed E-state index contributed by atoms with van der Waals surface area (Å²) in [4.78, 5) is 22.2. The fourth-order valence-corrected chi connectivity index (χ4v) is 1.18. The van der Waals surface area contributed by atoms with Crippen LogP contribution in [0.3, 0.4) is 0 Å². The Morgan fingerprint density at radius 2 is 1.92 bits per heavy atom. The van der Waals surface area contributed by atoms with Crippen molar-refractivity contribution >= 4 is 11.6 Å². The van der Waals surface area contributed by atoms with E-state index in [1.165, 1.54) is 12.1 Å². The van der Waals surface area contributed by atoms with E-state index >= 15 is 0 Å². The van der Waals surface area contributed by atoms with E-state index < -0.39 is 17.9 Å². The first-order valence-corrected chi connectivity index (χ1v) is 3.72. The second kappa shape index (κ2) is 2.67. The number of carbonyl (C=O) groups excluding carboxylic acids is 2.